The third-order valence-electron chi connectivity index (χ3n) is 2.26. The van der Waals surface area contributed by atoms with Crippen molar-refractivity contribution in [3.8, 4) is 0 Å². The molecular weight excluding hydrogens is 148 g/mol. The molecule has 0 saturated carbocycles. The maximum absolute atomic E-state index is 3.66. The van der Waals surface area contributed by atoms with Gasteiger partial charge in [0.25, 0.3) is 0 Å². The lowest BCUT2D eigenvalue weighted by molar-refractivity contribution is -0.888. The van der Waals surface area contributed by atoms with Crippen LogP contribution in [0.1, 0.15) is 13.3 Å². The Labute approximate surface area is 76.9 Å². The molecule has 0 rings (SSSR count). The predicted molar refractivity (Wildman–Crippen MR) is 55.2 cm³/mol. The van der Waals surface area contributed by atoms with Gasteiger partial charge in [0.15, 0.2) is 0 Å². The summed E-state index contributed by atoms with van der Waals surface area (Å²) in [6.07, 6.45) is 3.15. The van der Waals surface area contributed by atoms with Crippen LogP contribution in [0, 0.1) is 0 Å². The van der Waals surface area contributed by atoms with Crippen LogP contribution in [0.3, 0.4) is 0 Å². The summed E-state index contributed by atoms with van der Waals surface area (Å²) in [5, 5.41) is 3.30. The van der Waals surface area contributed by atoms with Gasteiger partial charge < -0.3 is 9.80 Å². The minimum absolute atomic E-state index is 0.930. The molecule has 12 heavy (non-hydrogen) atoms. The maximum atomic E-state index is 3.66. The topological polar surface area (TPSA) is 12.0 Å². The van der Waals surface area contributed by atoms with Gasteiger partial charge in [-0.15, -0.1) is 6.58 Å². The van der Waals surface area contributed by atoms with Gasteiger partial charge in [-0.1, -0.05) is 6.08 Å². The zero-order valence-electron chi connectivity index (χ0n) is 8.77. The van der Waals surface area contributed by atoms with E-state index in [1.165, 1.54) is 19.5 Å². The normalized spacial score (nSPS) is 11.6. The minimum Gasteiger partial charge on any atom is -0.329 e. The second-order valence-corrected chi connectivity index (χ2v) is 3.82. The highest BCUT2D eigenvalue weighted by molar-refractivity contribution is 4.68. The van der Waals surface area contributed by atoms with E-state index in [-0.39, 0.29) is 0 Å². The minimum atomic E-state index is 0.930. The van der Waals surface area contributed by atoms with Gasteiger partial charge in [-0.25, -0.2) is 0 Å². The summed E-state index contributed by atoms with van der Waals surface area (Å²) in [5.41, 5.74) is 0. The second-order valence-electron chi connectivity index (χ2n) is 3.82. The van der Waals surface area contributed by atoms with E-state index >= 15 is 0 Å². The highest BCUT2D eigenvalue weighted by Crippen LogP contribution is 1.96. The molecular formula is C10H23N2+. The van der Waals surface area contributed by atoms with Crippen LogP contribution in [0.25, 0.3) is 0 Å². The van der Waals surface area contributed by atoms with Crippen molar-refractivity contribution in [1.29, 1.82) is 0 Å². The van der Waals surface area contributed by atoms with Gasteiger partial charge in [0, 0.05) is 19.5 Å². The molecule has 0 aliphatic rings. The average Bonchev–Trinajstić information content (AvgIpc) is 2.04. The molecule has 0 bridgehead atoms. The van der Waals surface area contributed by atoms with Crippen molar-refractivity contribution < 1.29 is 4.48 Å². The second kappa shape index (κ2) is 6.21. The first-order chi connectivity index (χ1) is 5.62. The number of hydrogen-bond acceptors (Lipinski definition) is 1. The summed E-state index contributed by atoms with van der Waals surface area (Å²) in [7, 11) is 4.54. The molecule has 0 aliphatic heterocycles. The van der Waals surface area contributed by atoms with Crippen LogP contribution in [0.4, 0.5) is 0 Å². The highest BCUT2D eigenvalue weighted by atomic mass is 15.3. The van der Waals surface area contributed by atoms with Crippen molar-refractivity contribution in [1.82, 2.24) is 5.32 Å². The van der Waals surface area contributed by atoms with Crippen LogP contribution in [0.15, 0.2) is 12.7 Å². The molecule has 0 saturated heterocycles. The van der Waals surface area contributed by atoms with E-state index in [9.17, 15) is 0 Å². The lowest BCUT2D eigenvalue weighted by atomic mass is 10.3. The lowest BCUT2D eigenvalue weighted by Gasteiger charge is -2.28. The van der Waals surface area contributed by atoms with Crippen LogP contribution in [-0.4, -0.2) is 44.8 Å². The van der Waals surface area contributed by atoms with Gasteiger partial charge in [0.05, 0.1) is 27.2 Å². The summed E-state index contributed by atoms with van der Waals surface area (Å²) in [6, 6.07) is 0. The van der Waals surface area contributed by atoms with Crippen LogP contribution in [0.2, 0.25) is 0 Å². The number of quaternary nitrogens is 1. The average molecular weight is 171 g/mol. The molecule has 0 heterocycles. The van der Waals surface area contributed by atoms with Crippen molar-refractivity contribution in [2.45, 2.75) is 13.3 Å². The molecule has 0 amide bonds. The van der Waals surface area contributed by atoms with Gasteiger partial charge in [-0.05, 0) is 6.92 Å². The molecule has 2 heteroatoms. The smallest absolute Gasteiger partial charge is 0.0794 e. The molecule has 0 aromatic carbocycles. The molecule has 0 atom stereocenters. The van der Waals surface area contributed by atoms with Crippen molar-refractivity contribution in [2.24, 2.45) is 0 Å². The van der Waals surface area contributed by atoms with Crippen molar-refractivity contribution in [3.05, 3.63) is 12.7 Å². The lowest BCUT2D eigenvalue weighted by Crippen LogP contribution is -2.41. The monoisotopic (exact) mass is 171 g/mol. The summed E-state index contributed by atoms with van der Waals surface area (Å²) in [4.78, 5) is 0. The Balaban J connectivity index is 3.24. The Kier molecular flexibility index (Phi) is 6.03. The van der Waals surface area contributed by atoms with Crippen molar-refractivity contribution in [3.63, 3.8) is 0 Å². The van der Waals surface area contributed by atoms with Gasteiger partial charge in [-0.2, -0.15) is 0 Å². The number of hydrogen-bond donors (Lipinski definition) is 1. The first-order valence-corrected chi connectivity index (χ1v) is 4.76. The van der Waals surface area contributed by atoms with Crippen LogP contribution >= 0.6 is 0 Å². The van der Waals surface area contributed by atoms with E-state index in [2.05, 4.69) is 32.9 Å². The standard InChI is InChI=1S/C10H23N2/c1-5-8-11-9-7-10-12(3,4)6-2/h5,11H,1,6-10H2,2-4H3/q+1. The largest absolute Gasteiger partial charge is 0.329 e. The number of rotatable bonds is 7. The molecule has 0 fully saturated rings. The zero-order valence-corrected chi connectivity index (χ0v) is 8.77. The van der Waals surface area contributed by atoms with E-state index in [1.807, 2.05) is 6.08 Å². The summed E-state index contributed by atoms with van der Waals surface area (Å²) in [5.74, 6) is 0. The van der Waals surface area contributed by atoms with Crippen molar-refractivity contribution >= 4 is 0 Å². The maximum Gasteiger partial charge on any atom is 0.0794 e. The molecule has 0 spiro atoms. The Bertz CT molecular complexity index is 119. The van der Waals surface area contributed by atoms with E-state index < -0.39 is 0 Å². The first-order valence-electron chi connectivity index (χ1n) is 4.76. The third kappa shape index (κ3) is 6.38. The fraction of sp³-hybridized carbons (Fsp3) is 0.800. The molecule has 0 aromatic rings. The molecule has 2 nitrogen and oxygen atoms in total. The quantitative estimate of drug-likeness (QED) is 0.345. The van der Waals surface area contributed by atoms with Crippen LogP contribution in [-0.2, 0) is 0 Å². The number of nitrogens with one attached hydrogen (secondary N) is 1. The van der Waals surface area contributed by atoms with E-state index in [0.717, 1.165) is 17.6 Å². The summed E-state index contributed by atoms with van der Waals surface area (Å²) >= 11 is 0. The van der Waals surface area contributed by atoms with E-state index in [1.54, 1.807) is 0 Å². The predicted octanol–water partition coefficient (Wildman–Crippen LogP) is 1.25. The van der Waals surface area contributed by atoms with E-state index in [4.69, 9.17) is 0 Å². The Morgan fingerprint density at radius 2 is 2.08 bits per heavy atom. The fourth-order valence-electron chi connectivity index (χ4n) is 0.994. The molecule has 0 radical (unpaired) electrons. The molecule has 0 unspecified atom stereocenters. The summed E-state index contributed by atoms with van der Waals surface area (Å²) < 4.78 is 1.12. The number of nitrogens with zero attached hydrogens (tertiary/aromatic N) is 1. The van der Waals surface area contributed by atoms with Gasteiger partial charge in [0.2, 0.25) is 0 Å². The highest BCUT2D eigenvalue weighted by Gasteiger charge is 2.09. The van der Waals surface area contributed by atoms with Gasteiger partial charge >= 0.3 is 0 Å². The van der Waals surface area contributed by atoms with Gasteiger partial charge in [0.1, 0.15) is 0 Å². The molecule has 1 N–H and O–H groups in total. The van der Waals surface area contributed by atoms with Gasteiger partial charge in [-0.3, -0.25) is 0 Å². The third-order valence-corrected chi connectivity index (χ3v) is 2.26. The molecule has 0 aliphatic carbocycles. The fourth-order valence-corrected chi connectivity index (χ4v) is 0.994. The van der Waals surface area contributed by atoms with Crippen LogP contribution < -0.4 is 5.32 Å². The van der Waals surface area contributed by atoms with Crippen LogP contribution in [0.5, 0.6) is 0 Å². The Morgan fingerprint density at radius 1 is 1.42 bits per heavy atom. The molecule has 0 aromatic heterocycles. The Hall–Kier alpha value is -0.340. The first kappa shape index (κ1) is 11.7. The SMILES string of the molecule is C=CCNCCC[N+](C)(C)CC. The molecule has 72 valence electrons. The van der Waals surface area contributed by atoms with E-state index in [0.29, 0.717) is 0 Å². The summed E-state index contributed by atoms with van der Waals surface area (Å²) in [6.45, 7) is 10.4. The Morgan fingerprint density at radius 3 is 2.58 bits per heavy atom. The van der Waals surface area contributed by atoms with Crippen molar-refractivity contribution in [2.75, 3.05) is 40.3 Å². The zero-order chi connectivity index (χ0) is 9.45.